The minimum absolute atomic E-state index is 0.0304. The van der Waals surface area contributed by atoms with Gasteiger partial charge in [0.2, 0.25) is 0 Å². The second-order valence-electron chi connectivity index (χ2n) is 5.04. The van der Waals surface area contributed by atoms with Crippen LogP contribution in [0.5, 0.6) is 5.75 Å². The summed E-state index contributed by atoms with van der Waals surface area (Å²) < 4.78 is 5.60. The molecule has 6 nitrogen and oxygen atoms in total. The molecule has 1 aromatic heterocycles. The summed E-state index contributed by atoms with van der Waals surface area (Å²) in [5.41, 5.74) is 0.950. The Hall–Kier alpha value is -2.12. The van der Waals surface area contributed by atoms with Gasteiger partial charge in [0.15, 0.2) is 11.8 Å². The molecule has 1 aromatic carbocycles. The van der Waals surface area contributed by atoms with Crippen LogP contribution >= 0.6 is 22.9 Å². The number of carbonyl (C=O) groups excluding carboxylic acids is 1. The molecule has 1 atom stereocenters. The molecular formula is C15H13ClN2O4S. The highest BCUT2D eigenvalue weighted by molar-refractivity contribution is 7.09. The Morgan fingerprint density at radius 1 is 1.48 bits per heavy atom. The molecule has 2 heterocycles. The number of hydrogen-bond donors (Lipinski definition) is 2. The monoisotopic (exact) mass is 352 g/mol. The van der Waals surface area contributed by atoms with Crippen LogP contribution in [0.4, 0.5) is 0 Å². The van der Waals surface area contributed by atoms with Crippen molar-refractivity contribution in [3.05, 3.63) is 44.9 Å². The van der Waals surface area contributed by atoms with Gasteiger partial charge in [-0.2, -0.15) is 0 Å². The number of halogens is 1. The number of carboxylic acids is 1. The number of ether oxygens (including phenoxy) is 1. The molecule has 0 spiro atoms. The van der Waals surface area contributed by atoms with E-state index in [0.29, 0.717) is 35.2 Å². The summed E-state index contributed by atoms with van der Waals surface area (Å²) >= 11 is 7.19. The second-order valence-corrected chi connectivity index (χ2v) is 6.41. The first kappa shape index (κ1) is 15.8. The highest BCUT2D eigenvalue weighted by Gasteiger charge is 2.28. The van der Waals surface area contributed by atoms with Gasteiger partial charge in [-0.3, -0.25) is 4.79 Å². The molecule has 2 N–H and O–H groups in total. The van der Waals surface area contributed by atoms with Gasteiger partial charge in [-0.1, -0.05) is 11.6 Å². The molecule has 0 aliphatic carbocycles. The van der Waals surface area contributed by atoms with E-state index in [0.717, 1.165) is 5.56 Å². The molecule has 0 saturated heterocycles. The Bertz CT molecular complexity index is 762. The topological polar surface area (TPSA) is 88.5 Å². The number of amides is 1. The molecule has 1 amide bonds. The second kappa shape index (κ2) is 6.55. The van der Waals surface area contributed by atoms with E-state index in [1.165, 1.54) is 16.7 Å². The quantitative estimate of drug-likeness (QED) is 0.860. The number of aromatic carboxylic acids is 1. The molecule has 0 saturated carbocycles. The number of aromatic nitrogens is 1. The van der Waals surface area contributed by atoms with Crippen molar-refractivity contribution in [3.8, 4) is 5.75 Å². The van der Waals surface area contributed by atoms with Crippen molar-refractivity contribution in [2.45, 2.75) is 18.9 Å². The average molecular weight is 353 g/mol. The fourth-order valence-electron chi connectivity index (χ4n) is 2.29. The van der Waals surface area contributed by atoms with Crippen LogP contribution in [0.3, 0.4) is 0 Å². The molecule has 0 radical (unpaired) electrons. The number of nitrogens with one attached hydrogen (secondary N) is 1. The summed E-state index contributed by atoms with van der Waals surface area (Å²) in [7, 11) is 0. The predicted octanol–water partition coefficient (Wildman–Crippen LogP) is 2.16. The van der Waals surface area contributed by atoms with Gasteiger partial charge in [-0.15, -0.1) is 11.3 Å². The highest BCUT2D eigenvalue weighted by atomic mass is 35.5. The summed E-state index contributed by atoms with van der Waals surface area (Å²) in [6, 6.07) is 5.28. The fraction of sp³-hybridized carbons (Fsp3) is 0.267. The highest BCUT2D eigenvalue weighted by Crippen LogP contribution is 2.31. The zero-order valence-corrected chi connectivity index (χ0v) is 13.5. The van der Waals surface area contributed by atoms with Crippen LogP contribution in [0.25, 0.3) is 0 Å². The largest absolute Gasteiger partial charge is 0.480 e. The maximum absolute atomic E-state index is 12.1. The molecule has 1 aliphatic rings. The fourth-order valence-corrected chi connectivity index (χ4v) is 3.26. The third-order valence-electron chi connectivity index (χ3n) is 3.40. The third-order valence-corrected chi connectivity index (χ3v) is 4.54. The zero-order chi connectivity index (χ0) is 16.4. The van der Waals surface area contributed by atoms with Gasteiger partial charge in [0, 0.05) is 29.8 Å². The van der Waals surface area contributed by atoms with E-state index in [1.54, 1.807) is 18.2 Å². The normalized spacial score (nSPS) is 15.8. The van der Waals surface area contributed by atoms with Gasteiger partial charge >= 0.3 is 5.97 Å². The standard InChI is InChI=1S/C15H13ClN2O4S/c16-9-1-2-11-8(5-9)6-12(22-11)14(19)17-4-3-13-18-10(7-23-13)15(20)21/h1-2,5,7,12H,3-4,6H2,(H,17,19)(H,20,21). The van der Waals surface area contributed by atoms with E-state index >= 15 is 0 Å². The van der Waals surface area contributed by atoms with Crippen LogP contribution in [0.15, 0.2) is 23.6 Å². The third kappa shape index (κ3) is 3.62. The lowest BCUT2D eigenvalue weighted by atomic mass is 10.1. The summed E-state index contributed by atoms with van der Waals surface area (Å²) in [6.07, 6.45) is 0.409. The first-order chi connectivity index (χ1) is 11.0. The molecule has 23 heavy (non-hydrogen) atoms. The minimum Gasteiger partial charge on any atom is -0.480 e. The van der Waals surface area contributed by atoms with E-state index in [-0.39, 0.29) is 11.6 Å². The van der Waals surface area contributed by atoms with Crippen molar-refractivity contribution in [1.29, 1.82) is 0 Å². The first-order valence-corrected chi connectivity index (χ1v) is 8.19. The first-order valence-electron chi connectivity index (χ1n) is 6.93. The summed E-state index contributed by atoms with van der Waals surface area (Å²) in [6.45, 7) is 0.377. The van der Waals surface area contributed by atoms with Crippen molar-refractivity contribution < 1.29 is 19.4 Å². The van der Waals surface area contributed by atoms with Gasteiger partial charge < -0.3 is 15.2 Å². The van der Waals surface area contributed by atoms with Crippen molar-refractivity contribution in [3.63, 3.8) is 0 Å². The number of carbonyl (C=O) groups is 2. The van der Waals surface area contributed by atoms with E-state index in [1.807, 2.05) is 0 Å². The van der Waals surface area contributed by atoms with Crippen molar-refractivity contribution in [2.24, 2.45) is 0 Å². The Morgan fingerprint density at radius 2 is 2.30 bits per heavy atom. The number of thiazole rings is 1. The number of nitrogens with zero attached hydrogens (tertiary/aromatic N) is 1. The Labute approximate surface area is 141 Å². The van der Waals surface area contributed by atoms with E-state index in [9.17, 15) is 9.59 Å². The zero-order valence-electron chi connectivity index (χ0n) is 11.9. The maximum Gasteiger partial charge on any atom is 0.355 e. The summed E-state index contributed by atoms with van der Waals surface area (Å²) in [5.74, 6) is -0.569. The van der Waals surface area contributed by atoms with Gasteiger partial charge in [-0.25, -0.2) is 9.78 Å². The molecule has 2 aromatic rings. The van der Waals surface area contributed by atoms with Crippen molar-refractivity contribution >= 4 is 34.8 Å². The Balaban J connectivity index is 1.49. The number of rotatable bonds is 5. The molecule has 3 rings (SSSR count). The molecule has 0 bridgehead atoms. The van der Waals surface area contributed by atoms with Crippen LogP contribution in [-0.2, 0) is 17.6 Å². The van der Waals surface area contributed by atoms with Crippen LogP contribution in [0.2, 0.25) is 5.02 Å². The molecule has 8 heteroatoms. The van der Waals surface area contributed by atoms with E-state index in [2.05, 4.69) is 10.3 Å². The van der Waals surface area contributed by atoms with Crippen LogP contribution < -0.4 is 10.1 Å². The van der Waals surface area contributed by atoms with Crippen molar-refractivity contribution in [2.75, 3.05) is 6.54 Å². The number of benzene rings is 1. The smallest absolute Gasteiger partial charge is 0.355 e. The average Bonchev–Trinajstić information content (AvgIpc) is 3.13. The van der Waals surface area contributed by atoms with Gasteiger partial charge in [0.05, 0.1) is 5.01 Å². The van der Waals surface area contributed by atoms with Crippen LogP contribution in [0.1, 0.15) is 21.1 Å². The lowest BCUT2D eigenvalue weighted by Gasteiger charge is -2.10. The number of hydrogen-bond acceptors (Lipinski definition) is 5. The van der Waals surface area contributed by atoms with Crippen LogP contribution in [-0.4, -0.2) is 34.6 Å². The molecule has 1 unspecified atom stereocenters. The lowest BCUT2D eigenvalue weighted by Crippen LogP contribution is -2.38. The van der Waals surface area contributed by atoms with Crippen LogP contribution in [0, 0.1) is 0 Å². The van der Waals surface area contributed by atoms with E-state index in [4.69, 9.17) is 21.4 Å². The predicted molar refractivity (Wildman–Crippen MR) is 85.4 cm³/mol. The molecule has 120 valence electrons. The minimum atomic E-state index is -1.05. The summed E-state index contributed by atoms with van der Waals surface area (Å²) in [5, 5.41) is 14.4. The Morgan fingerprint density at radius 3 is 3.04 bits per heavy atom. The molecule has 1 aliphatic heterocycles. The molecule has 0 fully saturated rings. The summed E-state index contributed by atoms with van der Waals surface area (Å²) in [4.78, 5) is 26.8. The maximum atomic E-state index is 12.1. The van der Waals surface area contributed by atoms with E-state index < -0.39 is 12.1 Å². The van der Waals surface area contributed by atoms with Gasteiger partial charge in [-0.05, 0) is 23.8 Å². The number of carboxylic acid groups (broad SMARTS) is 1. The van der Waals surface area contributed by atoms with Gasteiger partial charge in [0.25, 0.3) is 5.91 Å². The SMILES string of the molecule is O=C(O)c1csc(CCNC(=O)C2Cc3cc(Cl)ccc3O2)n1. The Kier molecular flexibility index (Phi) is 4.49. The molecular weight excluding hydrogens is 340 g/mol. The van der Waals surface area contributed by atoms with Crippen molar-refractivity contribution in [1.82, 2.24) is 10.3 Å². The lowest BCUT2D eigenvalue weighted by molar-refractivity contribution is -0.127. The van der Waals surface area contributed by atoms with Gasteiger partial charge in [0.1, 0.15) is 5.75 Å². The number of fused-ring (bicyclic) bond motifs is 1.